The lowest BCUT2D eigenvalue weighted by molar-refractivity contribution is 0.142. The van der Waals surface area contributed by atoms with Crippen LogP contribution in [0.25, 0.3) is 0 Å². The van der Waals surface area contributed by atoms with Crippen LogP contribution in [0.15, 0.2) is 0 Å². The Bertz CT molecular complexity index is 241. The molecule has 0 aromatic carbocycles. The van der Waals surface area contributed by atoms with Crippen molar-refractivity contribution in [3.8, 4) is 0 Å². The molecule has 3 rings (SSSR count). The van der Waals surface area contributed by atoms with Crippen molar-refractivity contribution >= 4 is 0 Å². The number of nitrogens with zero attached hydrogens (tertiary/aromatic N) is 1. The summed E-state index contributed by atoms with van der Waals surface area (Å²) in [5.74, 6) is 1.99. The van der Waals surface area contributed by atoms with E-state index in [2.05, 4.69) is 17.3 Å². The topological polar surface area (TPSA) is 15.3 Å². The van der Waals surface area contributed by atoms with Gasteiger partial charge in [-0.1, -0.05) is 12.8 Å². The SMILES string of the molecule is CNC1CCCCC1CN1CC2CCC1C2. The molecule has 4 atom stereocenters. The van der Waals surface area contributed by atoms with Crippen LogP contribution >= 0.6 is 0 Å². The van der Waals surface area contributed by atoms with Gasteiger partial charge in [-0.25, -0.2) is 0 Å². The van der Waals surface area contributed by atoms with Gasteiger partial charge in [0.25, 0.3) is 0 Å². The molecule has 3 aliphatic rings. The zero-order valence-corrected chi connectivity index (χ0v) is 10.6. The van der Waals surface area contributed by atoms with Crippen molar-refractivity contribution in [2.24, 2.45) is 11.8 Å². The predicted molar refractivity (Wildman–Crippen MR) is 67.5 cm³/mol. The third-order valence-corrected chi connectivity index (χ3v) is 5.27. The van der Waals surface area contributed by atoms with Gasteiger partial charge in [-0.05, 0) is 51.0 Å². The Morgan fingerprint density at radius 1 is 1.12 bits per heavy atom. The molecule has 2 nitrogen and oxygen atoms in total. The molecular formula is C14H26N2. The van der Waals surface area contributed by atoms with E-state index < -0.39 is 0 Å². The Hall–Kier alpha value is -0.0800. The molecule has 3 fully saturated rings. The van der Waals surface area contributed by atoms with E-state index in [1.165, 1.54) is 58.0 Å². The van der Waals surface area contributed by atoms with E-state index in [1.54, 1.807) is 0 Å². The number of rotatable bonds is 3. The van der Waals surface area contributed by atoms with E-state index in [1.807, 2.05) is 0 Å². The summed E-state index contributed by atoms with van der Waals surface area (Å²) >= 11 is 0. The quantitative estimate of drug-likeness (QED) is 0.788. The van der Waals surface area contributed by atoms with Crippen molar-refractivity contribution in [1.82, 2.24) is 10.2 Å². The van der Waals surface area contributed by atoms with Gasteiger partial charge in [0.2, 0.25) is 0 Å². The summed E-state index contributed by atoms with van der Waals surface area (Å²) in [5, 5.41) is 3.55. The molecular weight excluding hydrogens is 196 g/mol. The van der Waals surface area contributed by atoms with Crippen molar-refractivity contribution in [1.29, 1.82) is 0 Å². The summed E-state index contributed by atoms with van der Waals surface area (Å²) in [5.41, 5.74) is 0. The Morgan fingerprint density at radius 3 is 2.69 bits per heavy atom. The van der Waals surface area contributed by atoms with E-state index in [4.69, 9.17) is 0 Å². The smallest absolute Gasteiger partial charge is 0.0104 e. The molecule has 92 valence electrons. The van der Waals surface area contributed by atoms with Crippen LogP contribution in [0.1, 0.15) is 44.9 Å². The van der Waals surface area contributed by atoms with Crippen LogP contribution in [-0.4, -0.2) is 37.1 Å². The highest BCUT2D eigenvalue weighted by Crippen LogP contribution is 2.38. The number of hydrogen-bond acceptors (Lipinski definition) is 2. The van der Waals surface area contributed by atoms with E-state index >= 15 is 0 Å². The van der Waals surface area contributed by atoms with Crippen LogP contribution in [0.2, 0.25) is 0 Å². The van der Waals surface area contributed by atoms with Crippen LogP contribution < -0.4 is 5.32 Å². The Labute approximate surface area is 99.8 Å². The summed E-state index contributed by atoms with van der Waals surface area (Å²) in [6.45, 7) is 2.80. The highest BCUT2D eigenvalue weighted by atomic mass is 15.2. The molecule has 4 unspecified atom stereocenters. The lowest BCUT2D eigenvalue weighted by Crippen LogP contribution is -2.45. The highest BCUT2D eigenvalue weighted by Gasteiger charge is 2.39. The van der Waals surface area contributed by atoms with Gasteiger partial charge in [-0.3, -0.25) is 4.90 Å². The van der Waals surface area contributed by atoms with Crippen molar-refractivity contribution in [2.45, 2.75) is 57.0 Å². The first-order valence-corrected chi connectivity index (χ1v) is 7.28. The summed E-state index contributed by atoms with van der Waals surface area (Å²) in [4.78, 5) is 2.81. The second kappa shape index (κ2) is 4.66. The van der Waals surface area contributed by atoms with Gasteiger partial charge in [0.15, 0.2) is 0 Å². The van der Waals surface area contributed by atoms with Gasteiger partial charge in [-0.15, -0.1) is 0 Å². The van der Waals surface area contributed by atoms with Crippen molar-refractivity contribution in [2.75, 3.05) is 20.1 Å². The molecule has 0 radical (unpaired) electrons. The molecule has 16 heavy (non-hydrogen) atoms. The highest BCUT2D eigenvalue weighted by molar-refractivity contribution is 4.94. The minimum Gasteiger partial charge on any atom is -0.317 e. The van der Waals surface area contributed by atoms with Crippen molar-refractivity contribution in [3.05, 3.63) is 0 Å². The second-order valence-electron chi connectivity index (χ2n) is 6.23. The van der Waals surface area contributed by atoms with Crippen LogP contribution in [0, 0.1) is 11.8 Å². The van der Waals surface area contributed by atoms with Gasteiger partial charge in [0, 0.05) is 25.2 Å². The maximum Gasteiger partial charge on any atom is 0.0104 e. The molecule has 0 aromatic rings. The van der Waals surface area contributed by atoms with E-state index in [0.717, 1.165) is 23.9 Å². The molecule has 2 bridgehead atoms. The third-order valence-electron chi connectivity index (χ3n) is 5.27. The fourth-order valence-electron chi connectivity index (χ4n) is 4.36. The van der Waals surface area contributed by atoms with Crippen LogP contribution in [0.5, 0.6) is 0 Å². The third kappa shape index (κ3) is 2.02. The van der Waals surface area contributed by atoms with Gasteiger partial charge in [0.1, 0.15) is 0 Å². The van der Waals surface area contributed by atoms with Gasteiger partial charge < -0.3 is 5.32 Å². The lowest BCUT2D eigenvalue weighted by Gasteiger charge is -2.37. The summed E-state index contributed by atoms with van der Waals surface area (Å²) < 4.78 is 0. The molecule has 1 aliphatic heterocycles. The average Bonchev–Trinajstić information content (AvgIpc) is 2.92. The summed E-state index contributed by atoms with van der Waals surface area (Å²) in [6.07, 6.45) is 10.3. The molecule has 0 spiro atoms. The Balaban J connectivity index is 1.56. The predicted octanol–water partition coefficient (Wildman–Crippen LogP) is 2.25. The first-order chi connectivity index (χ1) is 7.86. The van der Waals surface area contributed by atoms with Gasteiger partial charge in [-0.2, -0.15) is 0 Å². The number of likely N-dealkylation sites (tertiary alicyclic amines) is 1. The van der Waals surface area contributed by atoms with Crippen molar-refractivity contribution in [3.63, 3.8) is 0 Å². The first-order valence-electron chi connectivity index (χ1n) is 7.28. The molecule has 2 saturated carbocycles. The Morgan fingerprint density at radius 2 is 2.00 bits per heavy atom. The van der Waals surface area contributed by atoms with Gasteiger partial charge in [0.05, 0.1) is 0 Å². The number of fused-ring (bicyclic) bond motifs is 2. The zero-order chi connectivity index (χ0) is 11.0. The summed E-state index contributed by atoms with van der Waals surface area (Å²) in [6, 6.07) is 1.76. The number of nitrogens with one attached hydrogen (secondary N) is 1. The molecule has 1 saturated heterocycles. The standard InChI is InChI=1S/C14H26N2/c1-15-14-5-3-2-4-12(14)10-16-9-11-6-7-13(16)8-11/h11-15H,2-10H2,1H3. The van der Waals surface area contributed by atoms with E-state index in [-0.39, 0.29) is 0 Å². The van der Waals surface area contributed by atoms with Gasteiger partial charge >= 0.3 is 0 Å². The molecule has 0 aromatic heterocycles. The molecule has 1 heterocycles. The summed E-state index contributed by atoms with van der Waals surface area (Å²) in [7, 11) is 2.15. The maximum absolute atomic E-state index is 3.55. The molecule has 1 N–H and O–H groups in total. The molecule has 0 amide bonds. The second-order valence-corrected chi connectivity index (χ2v) is 6.23. The molecule has 2 aliphatic carbocycles. The normalized spacial score (nSPS) is 44.1. The maximum atomic E-state index is 3.55. The number of piperidine rings is 1. The zero-order valence-electron chi connectivity index (χ0n) is 10.6. The van der Waals surface area contributed by atoms with E-state index in [9.17, 15) is 0 Å². The van der Waals surface area contributed by atoms with Crippen LogP contribution in [0.4, 0.5) is 0 Å². The monoisotopic (exact) mass is 222 g/mol. The largest absolute Gasteiger partial charge is 0.317 e. The molecule has 2 heteroatoms. The Kier molecular flexibility index (Phi) is 3.21. The minimum atomic E-state index is 0.799. The first kappa shape index (κ1) is 11.0. The fraction of sp³-hybridized carbons (Fsp3) is 1.00. The fourth-order valence-corrected chi connectivity index (χ4v) is 4.36. The van der Waals surface area contributed by atoms with Crippen molar-refractivity contribution < 1.29 is 0 Å². The van der Waals surface area contributed by atoms with Crippen LogP contribution in [0.3, 0.4) is 0 Å². The number of hydrogen-bond donors (Lipinski definition) is 1. The van der Waals surface area contributed by atoms with Crippen LogP contribution in [-0.2, 0) is 0 Å². The minimum absolute atomic E-state index is 0.799. The lowest BCUT2D eigenvalue weighted by atomic mass is 9.84. The average molecular weight is 222 g/mol. The van der Waals surface area contributed by atoms with E-state index in [0.29, 0.717) is 0 Å².